The summed E-state index contributed by atoms with van der Waals surface area (Å²) in [6.07, 6.45) is 1.24. The maximum atomic E-state index is 5.50. The van der Waals surface area contributed by atoms with Gasteiger partial charge in [-0.05, 0) is 12.0 Å². The normalized spacial score (nSPS) is 21.1. The number of benzene rings is 1. The third-order valence-corrected chi connectivity index (χ3v) is 3.47. The van der Waals surface area contributed by atoms with Crippen molar-refractivity contribution in [1.29, 1.82) is 0 Å². The van der Waals surface area contributed by atoms with Gasteiger partial charge in [-0.3, -0.25) is 0 Å². The van der Waals surface area contributed by atoms with Crippen LogP contribution >= 0.6 is 0 Å². The van der Waals surface area contributed by atoms with Crippen LogP contribution in [0.3, 0.4) is 0 Å². The van der Waals surface area contributed by atoms with Crippen LogP contribution in [-0.2, 0) is 14.2 Å². The van der Waals surface area contributed by atoms with E-state index in [2.05, 4.69) is 35.6 Å². The summed E-state index contributed by atoms with van der Waals surface area (Å²) in [4.78, 5) is 0. The molecule has 112 valence electrons. The van der Waals surface area contributed by atoms with Crippen LogP contribution in [0, 0.1) is 0 Å². The molecule has 1 saturated carbocycles. The zero-order chi connectivity index (χ0) is 14.0. The lowest BCUT2D eigenvalue weighted by atomic mass is 10.1. The van der Waals surface area contributed by atoms with Crippen molar-refractivity contribution < 1.29 is 14.2 Å². The summed E-state index contributed by atoms with van der Waals surface area (Å²) in [5.41, 5.74) is 1.44. The van der Waals surface area contributed by atoms with E-state index >= 15 is 0 Å². The Balaban J connectivity index is 1.42. The van der Waals surface area contributed by atoms with Gasteiger partial charge in [-0.15, -0.1) is 0 Å². The van der Waals surface area contributed by atoms with Crippen molar-refractivity contribution >= 4 is 0 Å². The molecule has 20 heavy (non-hydrogen) atoms. The first-order valence-electron chi connectivity index (χ1n) is 7.34. The highest BCUT2D eigenvalue weighted by molar-refractivity contribution is 5.27. The zero-order valence-corrected chi connectivity index (χ0v) is 12.2. The molecule has 0 spiro atoms. The maximum Gasteiger partial charge on any atom is 0.0701 e. The molecular formula is C16H25NO3. The fourth-order valence-electron chi connectivity index (χ4n) is 2.27. The molecule has 1 aromatic rings. The standard InChI is InChI=1S/C16H25NO3/c1-18-9-10-20-12-11-19-8-7-17-16-13-15(16)14-5-3-2-4-6-14/h2-6,15-17H,7-13H2,1H3. The molecule has 0 saturated heterocycles. The van der Waals surface area contributed by atoms with Gasteiger partial charge in [-0.25, -0.2) is 0 Å². The second kappa shape index (κ2) is 9.08. The van der Waals surface area contributed by atoms with Gasteiger partial charge >= 0.3 is 0 Å². The summed E-state index contributed by atoms with van der Waals surface area (Å²) >= 11 is 0. The number of nitrogens with one attached hydrogen (secondary N) is 1. The molecule has 2 rings (SSSR count). The van der Waals surface area contributed by atoms with Crippen molar-refractivity contribution in [2.75, 3.05) is 46.7 Å². The molecule has 0 aliphatic heterocycles. The average Bonchev–Trinajstić information content (AvgIpc) is 3.26. The first-order valence-corrected chi connectivity index (χ1v) is 7.34. The second-order valence-corrected chi connectivity index (χ2v) is 5.03. The molecule has 1 fully saturated rings. The van der Waals surface area contributed by atoms with Gasteiger partial charge in [0.1, 0.15) is 0 Å². The molecule has 4 nitrogen and oxygen atoms in total. The van der Waals surface area contributed by atoms with Gasteiger partial charge < -0.3 is 19.5 Å². The van der Waals surface area contributed by atoms with Crippen LogP contribution in [0.1, 0.15) is 17.9 Å². The SMILES string of the molecule is COCCOCCOCCNC1CC1c1ccccc1. The summed E-state index contributed by atoms with van der Waals surface area (Å²) in [6.45, 7) is 4.22. The van der Waals surface area contributed by atoms with Crippen LogP contribution in [0.4, 0.5) is 0 Å². The molecule has 1 N–H and O–H groups in total. The molecule has 2 unspecified atom stereocenters. The summed E-state index contributed by atoms with van der Waals surface area (Å²) in [5.74, 6) is 0.688. The minimum atomic E-state index is 0.624. The highest BCUT2D eigenvalue weighted by Crippen LogP contribution is 2.40. The number of hydrogen-bond donors (Lipinski definition) is 1. The Hall–Kier alpha value is -0.940. The fraction of sp³-hybridized carbons (Fsp3) is 0.625. The van der Waals surface area contributed by atoms with E-state index in [1.165, 1.54) is 12.0 Å². The van der Waals surface area contributed by atoms with Crippen molar-refractivity contribution in [3.63, 3.8) is 0 Å². The topological polar surface area (TPSA) is 39.7 Å². The van der Waals surface area contributed by atoms with E-state index in [1.807, 2.05) is 0 Å². The van der Waals surface area contributed by atoms with Crippen LogP contribution in [0.25, 0.3) is 0 Å². The molecule has 1 aromatic carbocycles. The van der Waals surface area contributed by atoms with E-state index in [1.54, 1.807) is 7.11 Å². The minimum Gasteiger partial charge on any atom is -0.382 e. The van der Waals surface area contributed by atoms with Gasteiger partial charge in [0.25, 0.3) is 0 Å². The largest absolute Gasteiger partial charge is 0.382 e. The number of methoxy groups -OCH3 is 1. The van der Waals surface area contributed by atoms with Crippen LogP contribution < -0.4 is 5.32 Å². The van der Waals surface area contributed by atoms with E-state index in [0.717, 1.165) is 13.2 Å². The lowest BCUT2D eigenvalue weighted by Gasteiger charge is -2.07. The molecule has 0 radical (unpaired) electrons. The second-order valence-electron chi connectivity index (χ2n) is 5.03. The van der Waals surface area contributed by atoms with E-state index in [-0.39, 0.29) is 0 Å². The predicted octanol–water partition coefficient (Wildman–Crippen LogP) is 1.81. The Morgan fingerprint density at radius 1 is 1.00 bits per heavy atom. The summed E-state index contributed by atoms with van der Waals surface area (Å²) in [7, 11) is 1.67. The van der Waals surface area contributed by atoms with Gasteiger partial charge in [0.05, 0.1) is 33.0 Å². The monoisotopic (exact) mass is 279 g/mol. The molecule has 2 atom stereocenters. The summed E-state index contributed by atoms with van der Waals surface area (Å²) in [6, 6.07) is 11.3. The molecule has 1 aliphatic carbocycles. The molecule has 0 heterocycles. The van der Waals surface area contributed by atoms with Gasteiger partial charge in [0.15, 0.2) is 0 Å². The predicted molar refractivity (Wildman–Crippen MR) is 79.1 cm³/mol. The van der Waals surface area contributed by atoms with Crippen molar-refractivity contribution in [2.24, 2.45) is 0 Å². The van der Waals surface area contributed by atoms with Gasteiger partial charge in [0.2, 0.25) is 0 Å². The molecule has 1 aliphatic rings. The van der Waals surface area contributed by atoms with Crippen molar-refractivity contribution in [1.82, 2.24) is 5.32 Å². The highest BCUT2D eigenvalue weighted by atomic mass is 16.5. The Bertz CT molecular complexity index is 358. The minimum absolute atomic E-state index is 0.624. The van der Waals surface area contributed by atoms with Crippen molar-refractivity contribution in [2.45, 2.75) is 18.4 Å². The summed E-state index contributed by atoms with van der Waals surface area (Å²) < 4.78 is 15.7. The van der Waals surface area contributed by atoms with E-state index < -0.39 is 0 Å². The Morgan fingerprint density at radius 3 is 2.45 bits per heavy atom. The lowest BCUT2D eigenvalue weighted by Crippen LogP contribution is -2.23. The molecule has 4 heteroatoms. The Labute approximate surface area is 121 Å². The third-order valence-electron chi connectivity index (χ3n) is 3.47. The lowest BCUT2D eigenvalue weighted by molar-refractivity contribution is 0.0255. The third kappa shape index (κ3) is 5.59. The van der Waals surface area contributed by atoms with E-state index in [9.17, 15) is 0 Å². The van der Waals surface area contributed by atoms with Crippen LogP contribution in [-0.4, -0.2) is 52.7 Å². The van der Waals surface area contributed by atoms with E-state index in [4.69, 9.17) is 14.2 Å². The van der Waals surface area contributed by atoms with Crippen molar-refractivity contribution in [3.05, 3.63) is 35.9 Å². The number of rotatable bonds is 11. The quantitative estimate of drug-likeness (QED) is 0.627. The van der Waals surface area contributed by atoms with Gasteiger partial charge in [-0.1, -0.05) is 30.3 Å². The highest BCUT2D eigenvalue weighted by Gasteiger charge is 2.37. The Morgan fingerprint density at radius 2 is 1.70 bits per heavy atom. The maximum absolute atomic E-state index is 5.50. The zero-order valence-electron chi connectivity index (χ0n) is 12.2. The van der Waals surface area contributed by atoms with Crippen LogP contribution in [0.5, 0.6) is 0 Å². The van der Waals surface area contributed by atoms with Gasteiger partial charge in [0, 0.05) is 25.6 Å². The Kier molecular flexibility index (Phi) is 7.01. The first kappa shape index (κ1) is 15.4. The average molecular weight is 279 g/mol. The van der Waals surface area contributed by atoms with Crippen molar-refractivity contribution in [3.8, 4) is 0 Å². The van der Waals surface area contributed by atoms with Gasteiger partial charge in [-0.2, -0.15) is 0 Å². The molecule has 0 bridgehead atoms. The molecule has 0 aromatic heterocycles. The van der Waals surface area contributed by atoms with E-state index in [0.29, 0.717) is 38.4 Å². The molecular weight excluding hydrogens is 254 g/mol. The molecule has 0 amide bonds. The number of ether oxygens (including phenoxy) is 3. The number of hydrogen-bond acceptors (Lipinski definition) is 4. The first-order chi connectivity index (χ1) is 9.92. The summed E-state index contributed by atoms with van der Waals surface area (Å²) in [5, 5.41) is 3.53. The van der Waals surface area contributed by atoms with Crippen LogP contribution in [0.2, 0.25) is 0 Å². The smallest absolute Gasteiger partial charge is 0.0701 e. The van der Waals surface area contributed by atoms with Crippen LogP contribution in [0.15, 0.2) is 30.3 Å². The fourth-order valence-corrected chi connectivity index (χ4v) is 2.27.